The molecule has 4 rings (SSSR count). The van der Waals surface area contributed by atoms with Crippen LogP contribution in [0.15, 0.2) is 34.9 Å². The fraction of sp³-hybridized carbons (Fsp3) is 0.391. The molecule has 1 aliphatic heterocycles. The zero-order chi connectivity index (χ0) is 21.3. The number of amides is 1. The van der Waals surface area contributed by atoms with E-state index in [9.17, 15) is 10.1 Å². The van der Waals surface area contributed by atoms with E-state index >= 15 is 0 Å². The predicted octanol–water partition coefficient (Wildman–Crippen LogP) is 3.88. The molecule has 2 aromatic heterocycles. The number of carbonyl (C=O) groups is 1. The van der Waals surface area contributed by atoms with Crippen LogP contribution in [0.3, 0.4) is 0 Å². The SMILES string of the molecule is Cc1noc2nc(C(C)C)cc(C(=O)N3CCCN(c4ccccc4C#N)CC3)c12. The standard InChI is InChI=1S/C23H25N5O2/c1-15(2)19-13-18(21-16(3)26-30-22(21)25-19)23(29)28-10-6-9-27(11-12-28)20-8-5-4-7-17(20)14-24/h4-5,7-8,13,15H,6,9-12H2,1-3H3. The van der Waals surface area contributed by atoms with Crippen LogP contribution >= 0.6 is 0 Å². The third-order valence-electron chi connectivity index (χ3n) is 5.61. The van der Waals surface area contributed by atoms with Crippen molar-refractivity contribution in [1.29, 1.82) is 5.26 Å². The summed E-state index contributed by atoms with van der Waals surface area (Å²) in [4.78, 5) is 22.1. The first-order valence-electron chi connectivity index (χ1n) is 10.3. The second-order valence-corrected chi connectivity index (χ2v) is 7.96. The number of hydrogen-bond acceptors (Lipinski definition) is 6. The lowest BCUT2D eigenvalue weighted by Crippen LogP contribution is -2.35. The normalized spacial score (nSPS) is 14.8. The first-order chi connectivity index (χ1) is 14.5. The van der Waals surface area contributed by atoms with E-state index in [4.69, 9.17) is 4.52 Å². The fourth-order valence-corrected chi connectivity index (χ4v) is 3.95. The van der Waals surface area contributed by atoms with Gasteiger partial charge in [-0.15, -0.1) is 0 Å². The molecule has 0 atom stereocenters. The zero-order valence-corrected chi connectivity index (χ0v) is 17.6. The van der Waals surface area contributed by atoms with Gasteiger partial charge in [-0.1, -0.05) is 31.1 Å². The lowest BCUT2D eigenvalue weighted by atomic mass is 10.0. The predicted molar refractivity (Wildman–Crippen MR) is 115 cm³/mol. The average Bonchev–Trinajstić information content (AvgIpc) is 2.98. The van der Waals surface area contributed by atoms with Crippen LogP contribution in [0.5, 0.6) is 0 Å². The lowest BCUT2D eigenvalue weighted by molar-refractivity contribution is 0.0768. The molecular formula is C23H25N5O2. The van der Waals surface area contributed by atoms with Gasteiger partial charge in [0, 0.05) is 31.9 Å². The number of nitriles is 1. The summed E-state index contributed by atoms with van der Waals surface area (Å²) in [6.07, 6.45) is 0.833. The maximum Gasteiger partial charge on any atom is 0.259 e. The fourth-order valence-electron chi connectivity index (χ4n) is 3.95. The summed E-state index contributed by atoms with van der Waals surface area (Å²) in [7, 11) is 0. The number of carbonyl (C=O) groups excluding carboxylic acids is 1. The Morgan fingerprint density at radius 3 is 2.77 bits per heavy atom. The van der Waals surface area contributed by atoms with E-state index in [2.05, 4.69) is 21.1 Å². The van der Waals surface area contributed by atoms with Crippen molar-refractivity contribution in [3.63, 3.8) is 0 Å². The van der Waals surface area contributed by atoms with E-state index < -0.39 is 0 Å². The van der Waals surface area contributed by atoms with E-state index in [1.807, 2.05) is 56.0 Å². The summed E-state index contributed by atoms with van der Waals surface area (Å²) in [6.45, 7) is 8.65. The Balaban J connectivity index is 1.62. The lowest BCUT2D eigenvalue weighted by Gasteiger charge is -2.24. The molecule has 7 nitrogen and oxygen atoms in total. The Bertz CT molecular complexity index is 1130. The maximum absolute atomic E-state index is 13.5. The molecule has 1 aliphatic rings. The number of para-hydroxylation sites is 1. The molecule has 0 saturated carbocycles. The summed E-state index contributed by atoms with van der Waals surface area (Å²) in [6, 6.07) is 11.8. The molecule has 1 saturated heterocycles. The molecule has 0 unspecified atom stereocenters. The second kappa shape index (κ2) is 8.15. The molecule has 1 aromatic carbocycles. The van der Waals surface area contributed by atoms with Crippen molar-refractivity contribution in [1.82, 2.24) is 15.0 Å². The summed E-state index contributed by atoms with van der Waals surface area (Å²) in [5, 5.41) is 14.1. The minimum atomic E-state index is -0.0222. The Labute approximate surface area is 175 Å². The van der Waals surface area contributed by atoms with Crippen LogP contribution in [0.25, 0.3) is 11.1 Å². The maximum atomic E-state index is 13.5. The minimum absolute atomic E-state index is 0.0222. The van der Waals surface area contributed by atoms with Crippen molar-refractivity contribution in [3.05, 3.63) is 52.8 Å². The third kappa shape index (κ3) is 3.61. The van der Waals surface area contributed by atoms with Gasteiger partial charge in [-0.05, 0) is 37.5 Å². The number of aromatic nitrogens is 2. The van der Waals surface area contributed by atoms with Crippen molar-refractivity contribution in [2.45, 2.75) is 33.1 Å². The third-order valence-corrected chi connectivity index (χ3v) is 5.61. The Morgan fingerprint density at radius 1 is 1.20 bits per heavy atom. The van der Waals surface area contributed by atoms with Crippen LogP contribution in [0, 0.1) is 18.3 Å². The van der Waals surface area contributed by atoms with Gasteiger partial charge in [0.15, 0.2) is 0 Å². The Hall–Kier alpha value is -3.40. The topological polar surface area (TPSA) is 86.3 Å². The van der Waals surface area contributed by atoms with E-state index in [1.54, 1.807) is 0 Å². The van der Waals surface area contributed by atoms with Crippen LogP contribution < -0.4 is 4.90 Å². The molecule has 7 heteroatoms. The van der Waals surface area contributed by atoms with Gasteiger partial charge in [0.1, 0.15) is 6.07 Å². The van der Waals surface area contributed by atoms with Crippen molar-refractivity contribution in [2.24, 2.45) is 0 Å². The molecule has 0 N–H and O–H groups in total. The highest BCUT2D eigenvalue weighted by atomic mass is 16.5. The van der Waals surface area contributed by atoms with Crippen LogP contribution in [0.4, 0.5) is 5.69 Å². The number of rotatable bonds is 3. The molecule has 0 aliphatic carbocycles. The average molecular weight is 403 g/mol. The summed E-state index contributed by atoms with van der Waals surface area (Å²) in [5.41, 5.74) is 4.11. The number of nitrogens with zero attached hydrogens (tertiary/aromatic N) is 5. The largest absolute Gasteiger partial charge is 0.369 e. The van der Waals surface area contributed by atoms with E-state index in [0.29, 0.717) is 47.6 Å². The molecule has 0 spiro atoms. The van der Waals surface area contributed by atoms with Gasteiger partial charge in [0.25, 0.3) is 11.6 Å². The van der Waals surface area contributed by atoms with Gasteiger partial charge in [0.05, 0.1) is 27.9 Å². The van der Waals surface area contributed by atoms with Crippen molar-refractivity contribution >= 4 is 22.7 Å². The summed E-state index contributed by atoms with van der Waals surface area (Å²) < 4.78 is 5.37. The Morgan fingerprint density at radius 2 is 2.00 bits per heavy atom. The van der Waals surface area contributed by atoms with Gasteiger partial charge in [-0.2, -0.15) is 5.26 Å². The van der Waals surface area contributed by atoms with E-state index in [0.717, 1.165) is 24.3 Å². The van der Waals surface area contributed by atoms with Crippen LogP contribution in [0.2, 0.25) is 0 Å². The van der Waals surface area contributed by atoms with Gasteiger partial charge >= 0.3 is 0 Å². The highest BCUT2D eigenvalue weighted by Crippen LogP contribution is 2.27. The number of hydrogen-bond donors (Lipinski definition) is 0. The van der Waals surface area contributed by atoms with Crippen molar-refractivity contribution in [3.8, 4) is 6.07 Å². The van der Waals surface area contributed by atoms with Crippen LogP contribution in [0.1, 0.15) is 53.5 Å². The molecule has 1 fully saturated rings. The highest BCUT2D eigenvalue weighted by Gasteiger charge is 2.26. The number of benzene rings is 1. The van der Waals surface area contributed by atoms with Crippen molar-refractivity contribution < 1.29 is 9.32 Å². The van der Waals surface area contributed by atoms with Crippen LogP contribution in [-0.4, -0.2) is 47.1 Å². The Kier molecular flexibility index (Phi) is 5.40. The second-order valence-electron chi connectivity index (χ2n) is 7.96. The first-order valence-corrected chi connectivity index (χ1v) is 10.3. The van der Waals surface area contributed by atoms with Gasteiger partial charge in [-0.25, -0.2) is 4.98 Å². The molecule has 3 aromatic rings. The highest BCUT2D eigenvalue weighted by molar-refractivity contribution is 6.06. The molecule has 1 amide bonds. The minimum Gasteiger partial charge on any atom is -0.369 e. The van der Waals surface area contributed by atoms with Crippen molar-refractivity contribution in [2.75, 3.05) is 31.1 Å². The molecule has 0 radical (unpaired) electrons. The van der Waals surface area contributed by atoms with Gasteiger partial charge < -0.3 is 14.3 Å². The molecule has 30 heavy (non-hydrogen) atoms. The monoisotopic (exact) mass is 403 g/mol. The number of anilines is 1. The number of aryl methyl sites for hydroxylation is 1. The van der Waals surface area contributed by atoms with Gasteiger partial charge in [-0.3, -0.25) is 4.79 Å². The van der Waals surface area contributed by atoms with E-state index in [1.165, 1.54) is 0 Å². The quantitative estimate of drug-likeness (QED) is 0.660. The van der Waals surface area contributed by atoms with Gasteiger partial charge in [0.2, 0.25) is 0 Å². The van der Waals surface area contributed by atoms with E-state index in [-0.39, 0.29) is 11.8 Å². The molecule has 3 heterocycles. The summed E-state index contributed by atoms with van der Waals surface area (Å²) in [5.74, 6) is 0.152. The number of pyridine rings is 1. The molecular weight excluding hydrogens is 378 g/mol. The molecule has 154 valence electrons. The first kappa shape index (κ1) is 19.9. The smallest absolute Gasteiger partial charge is 0.259 e. The zero-order valence-electron chi connectivity index (χ0n) is 17.6. The molecule has 0 bridgehead atoms. The van der Waals surface area contributed by atoms with Crippen LogP contribution in [-0.2, 0) is 0 Å². The summed E-state index contributed by atoms with van der Waals surface area (Å²) >= 11 is 0. The number of fused-ring (bicyclic) bond motifs is 1.